The fraction of sp³-hybridized carbons (Fsp3) is 0.111. The van der Waals surface area contributed by atoms with E-state index in [1.165, 1.54) is 17.8 Å². The van der Waals surface area contributed by atoms with E-state index in [0.29, 0.717) is 5.76 Å². The summed E-state index contributed by atoms with van der Waals surface area (Å²) in [6.07, 6.45) is 1.85. The first-order valence-corrected chi connectivity index (χ1v) is 4.35. The molecule has 0 amide bonds. The molecule has 0 aliphatic rings. The summed E-state index contributed by atoms with van der Waals surface area (Å²) in [5.41, 5.74) is 0. The van der Waals surface area contributed by atoms with Crippen LogP contribution in [-0.4, -0.2) is 0 Å². The van der Waals surface area contributed by atoms with Crippen LogP contribution in [0, 0.1) is 6.01 Å². The lowest BCUT2D eigenvalue weighted by molar-refractivity contribution is 0.354. The van der Waals surface area contributed by atoms with Crippen LogP contribution in [-0.2, 0) is 0 Å². The Morgan fingerprint density at radius 1 is 1.67 bits per heavy atom. The quantitative estimate of drug-likeness (QED) is 0.711. The Balaban J connectivity index is 2.87. The third-order valence-corrected chi connectivity index (χ3v) is 2.15. The Morgan fingerprint density at radius 2 is 2.42 bits per heavy atom. The van der Waals surface area contributed by atoms with Gasteiger partial charge in [-0.1, -0.05) is 24.4 Å². The molecule has 12 heavy (non-hydrogen) atoms. The van der Waals surface area contributed by atoms with Crippen LogP contribution >= 0.6 is 11.8 Å². The van der Waals surface area contributed by atoms with Crippen LogP contribution in [0.5, 0.6) is 0 Å². The molecule has 3 heteroatoms. The molecular formula is C9H9FOS. The molecular weight excluding hydrogens is 175 g/mol. The number of thioether (sulfide) groups is 1. The van der Waals surface area contributed by atoms with Crippen molar-refractivity contribution < 1.29 is 8.81 Å². The lowest BCUT2D eigenvalue weighted by atomic mass is 10.4. The summed E-state index contributed by atoms with van der Waals surface area (Å²) < 4.78 is 17.2. The van der Waals surface area contributed by atoms with Crippen molar-refractivity contribution in [2.24, 2.45) is 0 Å². The normalized spacial score (nSPS) is 11.7. The molecule has 0 saturated heterocycles. The highest BCUT2D eigenvalue weighted by Crippen LogP contribution is 2.28. The van der Waals surface area contributed by atoms with Crippen LogP contribution in [0.25, 0.3) is 4.91 Å². The molecule has 64 valence electrons. The van der Waals surface area contributed by atoms with Crippen LogP contribution in [0.1, 0.15) is 12.7 Å². The van der Waals surface area contributed by atoms with Gasteiger partial charge in [0.25, 0.3) is 6.01 Å². The van der Waals surface area contributed by atoms with Crippen LogP contribution in [0.15, 0.2) is 34.6 Å². The van der Waals surface area contributed by atoms with Gasteiger partial charge in [0.15, 0.2) is 0 Å². The molecule has 0 bridgehead atoms. The van der Waals surface area contributed by atoms with Gasteiger partial charge in [-0.2, -0.15) is 4.39 Å². The summed E-state index contributed by atoms with van der Waals surface area (Å²) >= 11 is 1.41. The topological polar surface area (TPSA) is 13.1 Å². The van der Waals surface area contributed by atoms with E-state index < -0.39 is 6.01 Å². The molecule has 0 saturated carbocycles. The highest BCUT2D eigenvalue weighted by molar-refractivity contribution is 8.10. The minimum atomic E-state index is -0.561. The monoisotopic (exact) mass is 184 g/mol. The molecule has 0 fully saturated rings. The van der Waals surface area contributed by atoms with E-state index in [2.05, 4.69) is 6.58 Å². The molecule has 1 heterocycles. The van der Waals surface area contributed by atoms with Crippen molar-refractivity contribution in [2.45, 2.75) is 6.92 Å². The van der Waals surface area contributed by atoms with Crippen LogP contribution in [0.2, 0.25) is 0 Å². The maximum absolute atomic E-state index is 12.4. The average Bonchev–Trinajstić information content (AvgIpc) is 2.47. The van der Waals surface area contributed by atoms with E-state index in [4.69, 9.17) is 4.42 Å². The highest BCUT2D eigenvalue weighted by atomic mass is 32.2. The smallest absolute Gasteiger partial charge is 0.278 e. The maximum atomic E-state index is 12.4. The molecule has 0 aromatic carbocycles. The van der Waals surface area contributed by atoms with Gasteiger partial charge in [-0.05, 0) is 18.4 Å². The third kappa shape index (κ3) is 2.01. The Bertz CT molecular complexity index is 301. The van der Waals surface area contributed by atoms with Crippen molar-refractivity contribution in [1.82, 2.24) is 0 Å². The molecule has 0 radical (unpaired) electrons. The van der Waals surface area contributed by atoms with Gasteiger partial charge in [0, 0.05) is 6.07 Å². The van der Waals surface area contributed by atoms with Gasteiger partial charge in [-0.3, -0.25) is 0 Å². The second kappa shape index (κ2) is 4.16. The number of allylic oxidation sites excluding steroid dienone is 1. The standard InChI is InChI=1S/C9H9FOS/c1-3-8(12-4-2)7-5-6-9(10)11-7/h3-6H,2H2,1H3/b8-3-. The predicted molar refractivity (Wildman–Crippen MR) is 50.1 cm³/mol. The molecule has 0 unspecified atom stereocenters. The van der Waals surface area contributed by atoms with Crippen molar-refractivity contribution in [1.29, 1.82) is 0 Å². The van der Waals surface area contributed by atoms with E-state index in [-0.39, 0.29) is 0 Å². The van der Waals surface area contributed by atoms with Crippen molar-refractivity contribution >= 4 is 16.7 Å². The highest BCUT2D eigenvalue weighted by Gasteiger charge is 2.04. The molecule has 1 aromatic rings. The molecule has 0 N–H and O–H groups in total. The molecule has 0 aliphatic carbocycles. The molecule has 1 nitrogen and oxygen atoms in total. The van der Waals surface area contributed by atoms with Gasteiger partial charge < -0.3 is 4.42 Å². The lowest BCUT2D eigenvalue weighted by Crippen LogP contribution is -1.71. The summed E-state index contributed by atoms with van der Waals surface area (Å²) in [5.74, 6) is 0.542. The minimum Gasteiger partial charge on any atom is -0.430 e. The second-order valence-corrected chi connectivity index (χ2v) is 3.05. The van der Waals surface area contributed by atoms with Crippen LogP contribution < -0.4 is 0 Å². The summed E-state index contributed by atoms with van der Waals surface area (Å²) in [4.78, 5) is 0.869. The predicted octanol–water partition coefficient (Wildman–Crippen LogP) is 3.66. The van der Waals surface area contributed by atoms with Gasteiger partial charge in [0.1, 0.15) is 5.76 Å². The number of furan rings is 1. The summed E-state index contributed by atoms with van der Waals surface area (Å²) in [6.45, 7) is 5.43. The fourth-order valence-corrected chi connectivity index (χ4v) is 1.35. The third-order valence-electron chi connectivity index (χ3n) is 1.29. The van der Waals surface area contributed by atoms with Crippen LogP contribution in [0.4, 0.5) is 4.39 Å². The fourth-order valence-electron chi connectivity index (χ4n) is 0.805. The second-order valence-electron chi connectivity index (χ2n) is 2.04. The molecule has 0 spiro atoms. The summed E-state index contributed by atoms with van der Waals surface area (Å²) in [5, 5.41) is 1.68. The van der Waals surface area contributed by atoms with Gasteiger partial charge in [-0.15, -0.1) is 0 Å². The van der Waals surface area contributed by atoms with E-state index in [1.807, 2.05) is 13.0 Å². The van der Waals surface area contributed by atoms with E-state index in [9.17, 15) is 4.39 Å². The largest absolute Gasteiger partial charge is 0.430 e. The first kappa shape index (κ1) is 9.13. The lowest BCUT2D eigenvalue weighted by Gasteiger charge is -1.96. The van der Waals surface area contributed by atoms with Crippen molar-refractivity contribution in [3.05, 3.63) is 42.0 Å². The molecule has 0 atom stereocenters. The number of hydrogen-bond acceptors (Lipinski definition) is 2. The summed E-state index contributed by atoms with van der Waals surface area (Å²) in [7, 11) is 0. The zero-order chi connectivity index (χ0) is 8.97. The van der Waals surface area contributed by atoms with Crippen molar-refractivity contribution in [2.75, 3.05) is 0 Å². The average molecular weight is 184 g/mol. The Hall–Kier alpha value is -0.960. The zero-order valence-electron chi connectivity index (χ0n) is 6.71. The first-order chi connectivity index (χ1) is 5.77. The molecule has 1 rings (SSSR count). The SMILES string of the molecule is C=CS/C(=C\C)c1ccc(F)o1. The van der Waals surface area contributed by atoms with Gasteiger partial charge in [-0.25, -0.2) is 0 Å². The minimum absolute atomic E-state index is 0.542. The Morgan fingerprint density at radius 3 is 2.83 bits per heavy atom. The van der Waals surface area contributed by atoms with Crippen molar-refractivity contribution in [3.8, 4) is 0 Å². The number of halogens is 1. The van der Waals surface area contributed by atoms with E-state index in [1.54, 1.807) is 11.5 Å². The van der Waals surface area contributed by atoms with E-state index >= 15 is 0 Å². The maximum Gasteiger partial charge on any atom is 0.278 e. The Kier molecular flexibility index (Phi) is 3.17. The number of rotatable bonds is 3. The van der Waals surface area contributed by atoms with E-state index in [0.717, 1.165) is 4.91 Å². The van der Waals surface area contributed by atoms with Gasteiger partial charge in [0.05, 0.1) is 4.91 Å². The van der Waals surface area contributed by atoms with Gasteiger partial charge >= 0.3 is 0 Å². The molecule has 0 aliphatic heterocycles. The number of hydrogen-bond donors (Lipinski definition) is 0. The Labute approximate surface area is 75.0 Å². The zero-order valence-corrected chi connectivity index (χ0v) is 7.53. The van der Waals surface area contributed by atoms with Crippen LogP contribution in [0.3, 0.4) is 0 Å². The van der Waals surface area contributed by atoms with Gasteiger partial charge in [0.2, 0.25) is 0 Å². The van der Waals surface area contributed by atoms with Crippen molar-refractivity contribution in [3.63, 3.8) is 0 Å². The molecule has 1 aromatic heterocycles. The first-order valence-electron chi connectivity index (χ1n) is 3.47. The summed E-state index contributed by atoms with van der Waals surface area (Å²) in [6, 6.07) is 2.33.